The van der Waals surface area contributed by atoms with E-state index in [2.05, 4.69) is 26.7 Å². The summed E-state index contributed by atoms with van der Waals surface area (Å²) in [5, 5.41) is 15.4. The molecule has 7 nitrogen and oxygen atoms in total. The molecule has 0 unspecified atom stereocenters. The van der Waals surface area contributed by atoms with Gasteiger partial charge in [0.15, 0.2) is 0 Å². The average Bonchev–Trinajstić information content (AvgIpc) is 3.38. The number of carbonyl (C=O) groups excluding carboxylic acids is 1. The molecule has 2 heterocycles. The third kappa shape index (κ3) is 6.33. The molecule has 1 atom stereocenters. The van der Waals surface area contributed by atoms with Crippen LogP contribution >= 0.6 is 11.6 Å². The van der Waals surface area contributed by atoms with Crippen LogP contribution in [0.4, 0.5) is 5.82 Å². The fourth-order valence-electron chi connectivity index (χ4n) is 4.27. The Bertz CT molecular complexity index is 1100. The number of carbonyl (C=O) groups is 1. The van der Waals surface area contributed by atoms with Gasteiger partial charge >= 0.3 is 0 Å². The molecule has 1 aromatic carbocycles. The van der Waals surface area contributed by atoms with E-state index in [0.29, 0.717) is 29.7 Å². The molecular weight excluding hydrogens is 436 g/mol. The number of hydrogen-bond acceptors (Lipinski definition) is 5. The number of nitriles is 1. The maximum atomic E-state index is 13.2. The molecule has 1 saturated carbocycles. The summed E-state index contributed by atoms with van der Waals surface area (Å²) in [5.41, 5.74) is 1.54. The number of benzene rings is 1. The summed E-state index contributed by atoms with van der Waals surface area (Å²) in [7, 11) is 0. The third-order valence-corrected chi connectivity index (χ3v) is 6.21. The van der Waals surface area contributed by atoms with Crippen LogP contribution in [0.1, 0.15) is 49.7 Å². The lowest BCUT2D eigenvalue weighted by atomic mass is 9.84. The SMILES string of the molecule is N#Cc1ccc(CNC(=O)[C@@H](CC2CCCCC2)Nc2cc(-n3cccc3)nc(Cl)n2)cc1. The predicted molar refractivity (Wildman–Crippen MR) is 128 cm³/mol. The van der Waals surface area contributed by atoms with E-state index < -0.39 is 6.04 Å². The zero-order valence-corrected chi connectivity index (χ0v) is 19.1. The standard InChI is InChI=1S/C25H27ClN6O/c26-25-30-22(15-23(31-25)32-12-4-5-13-32)29-21(14-18-6-2-1-3-7-18)24(33)28-17-20-10-8-19(16-27)9-11-20/h4-5,8-13,15,18,21H,1-3,6-7,14,17H2,(H,28,33)(H,29,30,31)/t21-/m1/s1. The van der Waals surface area contributed by atoms with Gasteiger partial charge in [0.1, 0.15) is 17.7 Å². The number of amides is 1. The molecule has 4 rings (SSSR count). The molecule has 170 valence electrons. The van der Waals surface area contributed by atoms with Gasteiger partial charge in [0.25, 0.3) is 0 Å². The summed E-state index contributed by atoms with van der Waals surface area (Å²) in [6, 6.07) is 14.5. The van der Waals surface area contributed by atoms with Crippen LogP contribution in [0, 0.1) is 17.2 Å². The second-order valence-electron chi connectivity index (χ2n) is 8.43. The van der Waals surface area contributed by atoms with Gasteiger partial charge in [-0.25, -0.2) is 4.98 Å². The first-order chi connectivity index (χ1) is 16.1. The lowest BCUT2D eigenvalue weighted by Crippen LogP contribution is -2.41. The minimum atomic E-state index is -0.435. The number of hydrogen-bond donors (Lipinski definition) is 2. The van der Waals surface area contributed by atoms with Crippen LogP contribution in [0.25, 0.3) is 5.82 Å². The minimum Gasteiger partial charge on any atom is -0.358 e. The molecule has 0 bridgehead atoms. The van der Waals surface area contributed by atoms with E-state index >= 15 is 0 Å². The lowest BCUT2D eigenvalue weighted by molar-refractivity contribution is -0.122. The van der Waals surface area contributed by atoms with E-state index in [-0.39, 0.29) is 11.2 Å². The molecule has 8 heteroatoms. The second kappa shape index (κ2) is 11.0. The van der Waals surface area contributed by atoms with Crippen molar-refractivity contribution >= 4 is 23.3 Å². The normalized spacial score (nSPS) is 14.9. The summed E-state index contributed by atoms with van der Waals surface area (Å²) in [5.74, 6) is 1.57. The highest BCUT2D eigenvalue weighted by Gasteiger charge is 2.25. The Morgan fingerprint density at radius 1 is 1.15 bits per heavy atom. The van der Waals surface area contributed by atoms with Crippen LogP contribution in [0.2, 0.25) is 5.28 Å². The first-order valence-electron chi connectivity index (χ1n) is 11.3. The molecule has 1 aliphatic carbocycles. The molecular formula is C25H27ClN6O. The van der Waals surface area contributed by atoms with E-state index in [4.69, 9.17) is 16.9 Å². The van der Waals surface area contributed by atoms with Crippen molar-refractivity contribution in [2.75, 3.05) is 5.32 Å². The Morgan fingerprint density at radius 3 is 2.58 bits per heavy atom. The summed E-state index contributed by atoms with van der Waals surface area (Å²) < 4.78 is 1.85. The summed E-state index contributed by atoms with van der Waals surface area (Å²) >= 11 is 6.19. The highest BCUT2D eigenvalue weighted by atomic mass is 35.5. The van der Waals surface area contributed by atoms with E-state index in [1.807, 2.05) is 41.2 Å². The van der Waals surface area contributed by atoms with Crippen molar-refractivity contribution in [2.45, 2.75) is 51.1 Å². The molecule has 0 spiro atoms. The highest BCUT2D eigenvalue weighted by Crippen LogP contribution is 2.28. The van der Waals surface area contributed by atoms with Crippen molar-refractivity contribution < 1.29 is 4.79 Å². The number of anilines is 1. The van der Waals surface area contributed by atoms with E-state index in [1.54, 1.807) is 18.2 Å². The highest BCUT2D eigenvalue weighted by molar-refractivity contribution is 6.28. The Morgan fingerprint density at radius 2 is 1.88 bits per heavy atom. The minimum absolute atomic E-state index is 0.0813. The van der Waals surface area contributed by atoms with Gasteiger partial charge in [-0.3, -0.25) is 4.79 Å². The van der Waals surface area contributed by atoms with Gasteiger partial charge in [-0.05, 0) is 53.8 Å². The quantitative estimate of drug-likeness (QED) is 0.466. The summed E-state index contributed by atoms with van der Waals surface area (Å²) in [6.45, 7) is 0.395. The molecule has 2 N–H and O–H groups in total. The van der Waals surface area contributed by atoms with Crippen LogP contribution in [-0.2, 0) is 11.3 Å². The van der Waals surface area contributed by atoms with E-state index in [1.165, 1.54) is 19.3 Å². The van der Waals surface area contributed by atoms with Gasteiger partial charge in [0.2, 0.25) is 11.2 Å². The van der Waals surface area contributed by atoms with Crippen LogP contribution in [-0.4, -0.2) is 26.5 Å². The summed E-state index contributed by atoms with van der Waals surface area (Å²) in [6.07, 6.45) is 10.5. The fraction of sp³-hybridized carbons (Fsp3) is 0.360. The molecule has 3 aromatic rings. The number of rotatable bonds is 8. The van der Waals surface area contributed by atoms with Crippen LogP contribution in [0.15, 0.2) is 54.9 Å². The van der Waals surface area contributed by atoms with Gasteiger partial charge in [-0.1, -0.05) is 44.2 Å². The van der Waals surface area contributed by atoms with Gasteiger partial charge in [0, 0.05) is 25.0 Å². The van der Waals surface area contributed by atoms with Gasteiger partial charge < -0.3 is 15.2 Å². The van der Waals surface area contributed by atoms with Crippen molar-refractivity contribution in [3.05, 3.63) is 71.3 Å². The van der Waals surface area contributed by atoms with Crippen molar-refractivity contribution in [3.8, 4) is 11.9 Å². The van der Waals surface area contributed by atoms with Crippen molar-refractivity contribution in [1.82, 2.24) is 19.9 Å². The fourth-order valence-corrected chi connectivity index (χ4v) is 4.45. The monoisotopic (exact) mass is 462 g/mol. The zero-order chi connectivity index (χ0) is 23.0. The topological polar surface area (TPSA) is 95.6 Å². The number of nitrogens with one attached hydrogen (secondary N) is 2. The first kappa shape index (κ1) is 22.8. The van der Waals surface area contributed by atoms with Crippen LogP contribution in [0.5, 0.6) is 0 Å². The molecule has 0 aliphatic heterocycles. The Hall–Kier alpha value is -3.37. The Balaban J connectivity index is 1.49. The van der Waals surface area contributed by atoms with Gasteiger partial charge in [-0.15, -0.1) is 0 Å². The summed E-state index contributed by atoms with van der Waals surface area (Å²) in [4.78, 5) is 21.8. The number of nitrogens with zero attached hydrogens (tertiary/aromatic N) is 4. The van der Waals surface area contributed by atoms with Crippen LogP contribution < -0.4 is 10.6 Å². The molecule has 0 radical (unpaired) electrons. The molecule has 1 aliphatic rings. The van der Waals surface area contributed by atoms with Gasteiger partial charge in [-0.2, -0.15) is 10.2 Å². The van der Waals surface area contributed by atoms with Crippen LogP contribution in [0.3, 0.4) is 0 Å². The van der Waals surface area contributed by atoms with E-state index in [0.717, 1.165) is 24.8 Å². The predicted octanol–water partition coefficient (Wildman–Crippen LogP) is 4.86. The number of halogens is 1. The smallest absolute Gasteiger partial charge is 0.242 e. The lowest BCUT2D eigenvalue weighted by Gasteiger charge is -2.27. The molecule has 2 aromatic heterocycles. The zero-order valence-electron chi connectivity index (χ0n) is 18.4. The molecule has 1 amide bonds. The Labute approximate surface area is 198 Å². The van der Waals surface area contributed by atoms with Crippen molar-refractivity contribution in [2.24, 2.45) is 5.92 Å². The van der Waals surface area contributed by atoms with Gasteiger partial charge in [0.05, 0.1) is 11.6 Å². The maximum Gasteiger partial charge on any atom is 0.242 e. The molecule has 33 heavy (non-hydrogen) atoms. The molecule has 1 fully saturated rings. The largest absolute Gasteiger partial charge is 0.358 e. The average molecular weight is 463 g/mol. The molecule has 0 saturated heterocycles. The Kier molecular flexibility index (Phi) is 7.59. The maximum absolute atomic E-state index is 13.2. The second-order valence-corrected chi connectivity index (χ2v) is 8.77. The number of aromatic nitrogens is 3. The third-order valence-electron chi connectivity index (χ3n) is 6.04. The van der Waals surface area contributed by atoms with Crippen molar-refractivity contribution in [1.29, 1.82) is 5.26 Å². The van der Waals surface area contributed by atoms with Crippen molar-refractivity contribution in [3.63, 3.8) is 0 Å². The van der Waals surface area contributed by atoms with E-state index in [9.17, 15) is 4.79 Å². The first-order valence-corrected chi connectivity index (χ1v) is 11.7.